The van der Waals surface area contributed by atoms with Gasteiger partial charge in [0.2, 0.25) is 5.82 Å². The highest BCUT2D eigenvalue weighted by Crippen LogP contribution is 2.21. The first-order chi connectivity index (χ1) is 9.27. The molecule has 7 heteroatoms. The van der Waals surface area contributed by atoms with Crippen molar-refractivity contribution in [1.29, 1.82) is 0 Å². The van der Waals surface area contributed by atoms with Crippen molar-refractivity contribution in [2.75, 3.05) is 7.05 Å². The second-order valence-corrected chi connectivity index (χ2v) is 7.56. The topological polar surface area (TPSA) is 61.9 Å². The van der Waals surface area contributed by atoms with E-state index in [9.17, 15) is 4.79 Å². The van der Waals surface area contributed by atoms with Crippen molar-refractivity contribution in [2.24, 2.45) is 0 Å². The van der Waals surface area contributed by atoms with Crippen LogP contribution in [0.5, 0.6) is 0 Å². The van der Waals surface area contributed by atoms with Gasteiger partial charge in [-0.1, -0.05) is 20.8 Å². The summed E-state index contributed by atoms with van der Waals surface area (Å²) in [6.07, 6.45) is 0. The number of halogens is 1. The van der Waals surface area contributed by atoms with E-state index in [1.165, 1.54) is 0 Å². The first-order valence-corrected chi connectivity index (χ1v) is 7.86. The lowest BCUT2D eigenvalue weighted by atomic mass is 9.96. The summed E-state index contributed by atoms with van der Waals surface area (Å²) in [5.74, 6) is 0.752. The van der Waals surface area contributed by atoms with E-state index in [1.807, 2.05) is 32.2 Å². The summed E-state index contributed by atoms with van der Waals surface area (Å²) in [5, 5.41) is 8.85. The van der Waals surface area contributed by atoms with Crippen LogP contribution in [0.25, 0.3) is 0 Å². The summed E-state index contributed by atoms with van der Waals surface area (Å²) < 4.78 is 1.03. The van der Waals surface area contributed by atoms with Crippen molar-refractivity contribution in [3.05, 3.63) is 32.4 Å². The van der Waals surface area contributed by atoms with Crippen molar-refractivity contribution < 1.29 is 4.79 Å². The monoisotopic (exact) mass is 356 g/mol. The molecule has 2 aromatic rings. The van der Waals surface area contributed by atoms with Crippen molar-refractivity contribution in [1.82, 2.24) is 20.1 Å². The fraction of sp³-hybridized carbons (Fsp3) is 0.462. The van der Waals surface area contributed by atoms with Crippen LogP contribution in [-0.4, -0.2) is 33.0 Å². The number of amides is 1. The molecule has 0 fully saturated rings. The predicted molar refractivity (Wildman–Crippen MR) is 82.9 cm³/mol. The van der Waals surface area contributed by atoms with Crippen LogP contribution in [0.15, 0.2) is 15.9 Å². The highest BCUT2D eigenvalue weighted by atomic mass is 79.9. The zero-order valence-corrected chi connectivity index (χ0v) is 14.3. The smallest absolute Gasteiger partial charge is 0.293 e. The molecule has 0 atom stereocenters. The predicted octanol–water partition coefficient (Wildman–Crippen LogP) is 3.20. The largest absolute Gasteiger partial charge is 0.334 e. The molecule has 20 heavy (non-hydrogen) atoms. The van der Waals surface area contributed by atoms with E-state index in [-0.39, 0.29) is 17.1 Å². The first kappa shape index (κ1) is 15.2. The van der Waals surface area contributed by atoms with Gasteiger partial charge in [0.05, 0.1) is 6.54 Å². The van der Waals surface area contributed by atoms with Crippen LogP contribution in [0.3, 0.4) is 0 Å². The normalized spacial score (nSPS) is 11.7. The Morgan fingerprint density at radius 1 is 1.50 bits per heavy atom. The Labute approximate surface area is 130 Å². The molecule has 1 N–H and O–H groups in total. The maximum Gasteiger partial charge on any atom is 0.293 e. The number of nitrogens with one attached hydrogen (secondary N) is 1. The second-order valence-electron chi connectivity index (χ2n) is 5.65. The van der Waals surface area contributed by atoms with Gasteiger partial charge in [0.25, 0.3) is 5.91 Å². The molecule has 0 saturated heterocycles. The number of carbonyl (C=O) groups is 1. The molecule has 2 aromatic heterocycles. The van der Waals surface area contributed by atoms with Gasteiger partial charge in [-0.15, -0.1) is 16.4 Å². The van der Waals surface area contributed by atoms with Crippen LogP contribution >= 0.6 is 27.3 Å². The quantitative estimate of drug-likeness (QED) is 0.918. The lowest BCUT2D eigenvalue weighted by molar-refractivity contribution is 0.0774. The highest BCUT2D eigenvalue weighted by molar-refractivity contribution is 9.10. The first-order valence-electron chi connectivity index (χ1n) is 6.18. The maximum atomic E-state index is 12.3. The lowest BCUT2D eigenvalue weighted by Crippen LogP contribution is -2.27. The maximum absolute atomic E-state index is 12.3. The van der Waals surface area contributed by atoms with Crippen LogP contribution in [0, 0.1) is 0 Å². The van der Waals surface area contributed by atoms with Gasteiger partial charge in [0, 0.05) is 27.2 Å². The van der Waals surface area contributed by atoms with E-state index in [1.54, 1.807) is 23.3 Å². The van der Waals surface area contributed by atoms with Gasteiger partial charge in [0.1, 0.15) is 5.82 Å². The molecule has 0 aliphatic carbocycles. The summed E-state index contributed by atoms with van der Waals surface area (Å²) in [6.45, 7) is 6.62. The molecule has 108 valence electrons. The Kier molecular flexibility index (Phi) is 4.29. The Morgan fingerprint density at radius 2 is 2.20 bits per heavy atom. The molecule has 0 aliphatic heterocycles. The molecule has 2 rings (SSSR count). The van der Waals surface area contributed by atoms with Gasteiger partial charge >= 0.3 is 0 Å². The average molecular weight is 357 g/mol. The summed E-state index contributed by atoms with van der Waals surface area (Å²) in [6, 6.07) is 2.01. The summed E-state index contributed by atoms with van der Waals surface area (Å²) in [5.41, 5.74) is -0.150. The number of aromatic amines is 1. The van der Waals surface area contributed by atoms with E-state index in [4.69, 9.17) is 0 Å². The van der Waals surface area contributed by atoms with Gasteiger partial charge in [-0.25, -0.2) is 4.98 Å². The fourth-order valence-corrected chi connectivity index (χ4v) is 3.11. The van der Waals surface area contributed by atoms with Crippen molar-refractivity contribution in [3.63, 3.8) is 0 Å². The molecule has 0 saturated carbocycles. The van der Waals surface area contributed by atoms with E-state index in [0.29, 0.717) is 12.4 Å². The van der Waals surface area contributed by atoms with Crippen LogP contribution in [-0.2, 0) is 12.0 Å². The Balaban J connectivity index is 2.09. The minimum atomic E-state index is -0.179. The standard InChI is InChI=1S/C13H17BrN4OS/c1-13(2,3)12-15-10(16-17-12)11(19)18(4)6-9-5-8(14)7-20-9/h5,7H,6H2,1-4H3,(H,15,16,17). The van der Waals surface area contributed by atoms with Crippen LogP contribution < -0.4 is 0 Å². The minimum Gasteiger partial charge on any atom is -0.334 e. The molecule has 0 radical (unpaired) electrons. The van der Waals surface area contributed by atoms with E-state index >= 15 is 0 Å². The molecule has 0 aromatic carbocycles. The molecule has 1 amide bonds. The third kappa shape index (κ3) is 3.46. The van der Waals surface area contributed by atoms with Gasteiger partial charge in [-0.3, -0.25) is 9.89 Å². The molecule has 5 nitrogen and oxygen atoms in total. The van der Waals surface area contributed by atoms with E-state index in [2.05, 4.69) is 31.1 Å². The fourth-order valence-electron chi connectivity index (χ4n) is 1.61. The average Bonchev–Trinajstić information content (AvgIpc) is 2.96. The van der Waals surface area contributed by atoms with Gasteiger partial charge in [0.15, 0.2) is 0 Å². The Bertz CT molecular complexity index is 614. The summed E-state index contributed by atoms with van der Waals surface area (Å²) in [7, 11) is 1.75. The number of hydrogen-bond donors (Lipinski definition) is 1. The number of hydrogen-bond acceptors (Lipinski definition) is 4. The number of aromatic nitrogens is 3. The number of carbonyl (C=O) groups excluding carboxylic acids is 1. The molecular weight excluding hydrogens is 340 g/mol. The molecule has 2 heterocycles. The zero-order valence-electron chi connectivity index (χ0n) is 11.9. The van der Waals surface area contributed by atoms with Gasteiger partial charge in [-0.2, -0.15) is 0 Å². The van der Waals surface area contributed by atoms with Gasteiger partial charge in [-0.05, 0) is 22.0 Å². The van der Waals surface area contributed by atoms with E-state index in [0.717, 1.165) is 9.35 Å². The molecular formula is C13H17BrN4OS. The molecule has 0 unspecified atom stereocenters. The molecule has 0 bridgehead atoms. The SMILES string of the molecule is CN(Cc1cc(Br)cs1)C(=O)c1n[nH]c(C(C)(C)C)n1. The molecule has 0 spiro atoms. The number of nitrogens with zero attached hydrogens (tertiary/aromatic N) is 3. The van der Waals surface area contributed by atoms with Crippen molar-refractivity contribution >= 4 is 33.2 Å². The Hall–Kier alpha value is -1.21. The van der Waals surface area contributed by atoms with Crippen molar-refractivity contribution in [2.45, 2.75) is 32.7 Å². The summed E-state index contributed by atoms with van der Waals surface area (Å²) >= 11 is 5.02. The van der Waals surface area contributed by atoms with Gasteiger partial charge < -0.3 is 4.90 Å². The van der Waals surface area contributed by atoms with Crippen molar-refractivity contribution in [3.8, 4) is 0 Å². The van der Waals surface area contributed by atoms with Crippen LogP contribution in [0.2, 0.25) is 0 Å². The lowest BCUT2D eigenvalue weighted by Gasteiger charge is -2.14. The summed E-state index contributed by atoms with van der Waals surface area (Å²) in [4.78, 5) is 19.3. The van der Waals surface area contributed by atoms with Crippen LogP contribution in [0.4, 0.5) is 0 Å². The Morgan fingerprint density at radius 3 is 2.70 bits per heavy atom. The highest BCUT2D eigenvalue weighted by Gasteiger charge is 2.23. The third-order valence-electron chi connectivity index (χ3n) is 2.75. The van der Waals surface area contributed by atoms with Crippen LogP contribution in [0.1, 0.15) is 42.1 Å². The number of rotatable bonds is 3. The number of H-pyrrole nitrogens is 1. The zero-order chi connectivity index (χ0) is 14.9. The van der Waals surface area contributed by atoms with E-state index < -0.39 is 0 Å². The minimum absolute atomic E-state index is 0.150. The molecule has 0 aliphatic rings. The number of thiophene rings is 1. The third-order valence-corrected chi connectivity index (χ3v) is 4.43. The second kappa shape index (κ2) is 5.65.